The molecule has 1 nitrogen and oxygen atoms in total. The van der Waals surface area contributed by atoms with E-state index >= 15 is 0 Å². The largest absolute Gasteiger partial charge is 0.249 e. The summed E-state index contributed by atoms with van der Waals surface area (Å²) in [5, 5.41) is 0. The summed E-state index contributed by atoms with van der Waals surface area (Å²) in [5.41, 5.74) is 1.47. The molecule has 5 heavy (non-hydrogen) atoms. The molecule has 30 valence electrons. The SMILES string of the molecule is C=C[SiH2]OF. The van der Waals surface area contributed by atoms with Gasteiger partial charge in [-0.15, -0.1) is 6.58 Å². The number of hydrogen-bond acceptors (Lipinski definition) is 1. The standard InChI is InChI=1S/C2H5FOSi/c1-2-5-4-3/h2H,1,5H2. The van der Waals surface area contributed by atoms with Crippen molar-refractivity contribution in [2.45, 2.75) is 0 Å². The summed E-state index contributed by atoms with van der Waals surface area (Å²) in [4.78, 5) is 0. The highest BCUT2D eigenvalue weighted by molar-refractivity contribution is 6.33. The fourth-order valence-corrected chi connectivity index (χ4v) is 0.134. The molecule has 0 bridgehead atoms. The van der Waals surface area contributed by atoms with Crippen LogP contribution in [0.5, 0.6) is 0 Å². The Kier molecular flexibility index (Phi) is 3.73. The first-order valence-corrected chi connectivity index (χ1v) is 2.65. The Hall–Kier alpha value is -0.153. The molecule has 0 fully saturated rings. The minimum atomic E-state index is -0.971. The lowest BCUT2D eigenvalue weighted by atomic mass is 11.3. The third-order valence-corrected chi connectivity index (χ3v) is 0.543. The summed E-state index contributed by atoms with van der Waals surface area (Å²) in [5.74, 6) is 0. The minimum absolute atomic E-state index is 0.971. The molecular weight excluding hydrogens is 87.1 g/mol. The lowest BCUT2D eigenvalue weighted by Gasteiger charge is -1.70. The highest BCUT2D eigenvalue weighted by Crippen LogP contribution is 1.64. The van der Waals surface area contributed by atoms with Crippen LogP contribution < -0.4 is 0 Å². The van der Waals surface area contributed by atoms with Crippen molar-refractivity contribution < 1.29 is 9.16 Å². The molecule has 0 aliphatic rings. The Bertz CT molecular complexity index is 30.8. The fraction of sp³-hybridized carbons (Fsp3) is 0. The van der Waals surface area contributed by atoms with Gasteiger partial charge in [0.2, 0.25) is 9.76 Å². The van der Waals surface area contributed by atoms with Gasteiger partial charge in [-0.05, 0) is 0 Å². The number of halogens is 1. The maximum Gasteiger partial charge on any atom is 0.239 e. The Labute approximate surface area is 32.3 Å². The molecule has 0 aromatic rings. The maximum atomic E-state index is 10.5. The normalized spacial score (nSPS) is 9.80. The second-order valence-electron chi connectivity index (χ2n) is 0.564. The molecule has 0 heterocycles. The van der Waals surface area contributed by atoms with Crippen LogP contribution in [0.4, 0.5) is 4.53 Å². The van der Waals surface area contributed by atoms with E-state index in [0.29, 0.717) is 0 Å². The Balaban J connectivity index is 2.40. The van der Waals surface area contributed by atoms with Gasteiger partial charge in [0.25, 0.3) is 0 Å². The zero-order valence-corrected chi connectivity index (χ0v) is 4.19. The highest BCUT2D eigenvalue weighted by atomic mass is 28.2. The molecule has 0 atom stereocenters. The summed E-state index contributed by atoms with van der Waals surface area (Å²) in [6, 6.07) is 0. The van der Waals surface area contributed by atoms with Crippen LogP contribution in [0, 0.1) is 0 Å². The average Bonchev–Trinajstić information content (AvgIpc) is 1.41. The topological polar surface area (TPSA) is 9.23 Å². The highest BCUT2D eigenvalue weighted by Gasteiger charge is 1.67. The van der Waals surface area contributed by atoms with Gasteiger partial charge >= 0.3 is 0 Å². The lowest BCUT2D eigenvalue weighted by Crippen LogP contribution is -1.78. The number of rotatable bonds is 2. The van der Waals surface area contributed by atoms with Gasteiger partial charge in [-0.2, -0.15) is 0 Å². The molecule has 0 aromatic heterocycles. The van der Waals surface area contributed by atoms with Crippen LogP contribution in [0.2, 0.25) is 0 Å². The molecule has 0 aliphatic carbocycles. The van der Waals surface area contributed by atoms with Gasteiger partial charge in [0.1, 0.15) is 0 Å². The smallest absolute Gasteiger partial charge is 0.239 e. The van der Waals surface area contributed by atoms with Gasteiger partial charge in [-0.25, -0.2) is 4.63 Å². The van der Waals surface area contributed by atoms with Crippen LogP contribution in [-0.2, 0) is 4.63 Å². The van der Waals surface area contributed by atoms with Crippen molar-refractivity contribution in [2.75, 3.05) is 0 Å². The Morgan fingerprint density at radius 3 is 2.60 bits per heavy atom. The first-order chi connectivity index (χ1) is 2.41. The molecule has 0 saturated heterocycles. The van der Waals surface area contributed by atoms with Gasteiger partial charge in [-0.1, -0.05) is 10.2 Å². The second kappa shape index (κ2) is 3.85. The molecule has 0 radical (unpaired) electrons. The summed E-state index contributed by atoms with van der Waals surface area (Å²) < 4.78 is 13.7. The zero-order chi connectivity index (χ0) is 4.12. The van der Waals surface area contributed by atoms with E-state index in [1.54, 1.807) is 0 Å². The summed E-state index contributed by atoms with van der Waals surface area (Å²) in [7, 11) is -0.971. The van der Waals surface area contributed by atoms with E-state index in [9.17, 15) is 4.53 Å². The van der Waals surface area contributed by atoms with Crippen molar-refractivity contribution in [1.82, 2.24) is 0 Å². The first-order valence-electron chi connectivity index (χ1n) is 1.26. The van der Waals surface area contributed by atoms with Gasteiger partial charge < -0.3 is 0 Å². The van der Waals surface area contributed by atoms with Crippen LogP contribution in [0.15, 0.2) is 12.3 Å². The third-order valence-electron chi connectivity index (χ3n) is 0.181. The van der Waals surface area contributed by atoms with Gasteiger partial charge in [0.15, 0.2) is 0 Å². The van der Waals surface area contributed by atoms with Crippen molar-refractivity contribution in [3.05, 3.63) is 12.3 Å². The molecule has 0 saturated carbocycles. The molecule has 0 unspecified atom stereocenters. The predicted molar refractivity (Wildman–Crippen MR) is 20.9 cm³/mol. The summed E-state index contributed by atoms with van der Waals surface area (Å²) in [6.07, 6.45) is 0. The van der Waals surface area contributed by atoms with E-state index in [4.69, 9.17) is 0 Å². The van der Waals surface area contributed by atoms with Crippen molar-refractivity contribution in [3.63, 3.8) is 0 Å². The maximum absolute atomic E-state index is 10.5. The van der Waals surface area contributed by atoms with Gasteiger partial charge in [0.05, 0.1) is 0 Å². The van der Waals surface area contributed by atoms with Crippen LogP contribution in [-0.4, -0.2) is 9.76 Å². The van der Waals surface area contributed by atoms with E-state index in [-0.39, 0.29) is 0 Å². The van der Waals surface area contributed by atoms with Crippen LogP contribution >= 0.6 is 0 Å². The lowest BCUT2D eigenvalue weighted by molar-refractivity contribution is -0.000229. The van der Waals surface area contributed by atoms with Crippen LogP contribution in [0.25, 0.3) is 0 Å². The molecular formula is C2H5FOSi. The summed E-state index contributed by atoms with van der Waals surface area (Å²) in [6.45, 7) is 3.25. The molecule has 0 aliphatic heterocycles. The molecule has 0 N–H and O–H groups in total. The van der Waals surface area contributed by atoms with Crippen LogP contribution in [0.3, 0.4) is 0 Å². The quantitative estimate of drug-likeness (QED) is 0.439. The molecule has 0 spiro atoms. The molecule has 3 heteroatoms. The second-order valence-corrected chi connectivity index (χ2v) is 1.69. The average molecular weight is 92.1 g/mol. The predicted octanol–water partition coefficient (Wildman–Crippen LogP) is 0.115. The monoisotopic (exact) mass is 92.0 g/mol. The molecule has 0 aromatic carbocycles. The molecule has 0 rings (SSSR count). The van der Waals surface area contributed by atoms with Crippen LogP contribution in [0.1, 0.15) is 0 Å². The van der Waals surface area contributed by atoms with Gasteiger partial charge in [-0.3, -0.25) is 0 Å². The fourth-order valence-electron chi connectivity index (χ4n) is 0.0445. The van der Waals surface area contributed by atoms with Crippen molar-refractivity contribution >= 4 is 9.76 Å². The van der Waals surface area contributed by atoms with E-state index in [1.807, 2.05) is 0 Å². The third kappa shape index (κ3) is 3.85. The van der Waals surface area contributed by atoms with E-state index in [2.05, 4.69) is 11.2 Å². The molecule has 0 amide bonds. The van der Waals surface area contributed by atoms with Crippen molar-refractivity contribution in [1.29, 1.82) is 0 Å². The Morgan fingerprint density at radius 1 is 2.00 bits per heavy atom. The minimum Gasteiger partial charge on any atom is -0.249 e. The van der Waals surface area contributed by atoms with E-state index in [0.717, 1.165) is 0 Å². The summed E-state index contributed by atoms with van der Waals surface area (Å²) >= 11 is 0. The van der Waals surface area contributed by atoms with Crippen molar-refractivity contribution in [3.8, 4) is 0 Å². The zero-order valence-electron chi connectivity index (χ0n) is 2.78. The Morgan fingerprint density at radius 2 is 2.60 bits per heavy atom. The van der Waals surface area contributed by atoms with Crippen molar-refractivity contribution in [2.24, 2.45) is 0 Å². The van der Waals surface area contributed by atoms with E-state index < -0.39 is 9.76 Å². The first kappa shape index (κ1) is 4.85. The van der Waals surface area contributed by atoms with E-state index in [1.165, 1.54) is 5.70 Å². The number of hydrogen-bond donors (Lipinski definition) is 0. The van der Waals surface area contributed by atoms with Gasteiger partial charge in [0, 0.05) is 0 Å².